The number of hydrogen-bond acceptors (Lipinski definition) is 5. The molecule has 2 N–H and O–H groups in total. The van der Waals surface area contributed by atoms with Crippen LogP contribution in [0.5, 0.6) is 0 Å². The Morgan fingerprint density at radius 2 is 1.75 bits per heavy atom. The van der Waals surface area contributed by atoms with Crippen molar-refractivity contribution in [1.29, 1.82) is 0 Å². The number of fused-ring (bicyclic) bond motifs is 1. The summed E-state index contributed by atoms with van der Waals surface area (Å²) in [4.78, 5) is 46.8. The molecule has 2 aromatic carbocycles. The summed E-state index contributed by atoms with van der Waals surface area (Å²) in [6.45, 7) is 3.08. The Kier molecular flexibility index (Phi) is 7.61. The molecular weight excluding hydrogens is 468 g/mol. The van der Waals surface area contributed by atoms with E-state index in [1.807, 2.05) is 24.3 Å². The summed E-state index contributed by atoms with van der Waals surface area (Å²) in [5, 5.41) is 5.16. The molecule has 0 aromatic heterocycles. The summed E-state index contributed by atoms with van der Waals surface area (Å²) >= 11 is 0. The lowest BCUT2D eigenvalue weighted by atomic mass is 10.1. The molecule has 1 unspecified atom stereocenters. The third kappa shape index (κ3) is 5.69. The number of likely N-dealkylation sites (tertiary alicyclic amines) is 1. The topological polar surface area (TPSA) is 94.1 Å². The van der Waals surface area contributed by atoms with Crippen molar-refractivity contribution in [3.63, 3.8) is 0 Å². The van der Waals surface area contributed by atoms with Crippen LogP contribution in [0.25, 0.3) is 0 Å². The summed E-state index contributed by atoms with van der Waals surface area (Å²) in [6.07, 6.45) is 1.68. The number of likely N-dealkylation sites (N-methyl/N-ethyl adjacent to an activating group) is 1. The van der Waals surface area contributed by atoms with Gasteiger partial charge in [-0.3, -0.25) is 14.4 Å². The van der Waals surface area contributed by atoms with Gasteiger partial charge in [-0.2, -0.15) is 0 Å². The van der Waals surface area contributed by atoms with Gasteiger partial charge in [-0.1, -0.05) is 12.1 Å². The van der Waals surface area contributed by atoms with Crippen molar-refractivity contribution < 1.29 is 23.2 Å². The molecular formula is C26H29F2N5O3. The van der Waals surface area contributed by atoms with E-state index in [2.05, 4.69) is 20.5 Å². The van der Waals surface area contributed by atoms with Gasteiger partial charge in [0, 0.05) is 31.8 Å². The fraction of sp³-hybridized carbons (Fsp3) is 0.385. The van der Waals surface area contributed by atoms with Crippen LogP contribution in [0.2, 0.25) is 0 Å². The van der Waals surface area contributed by atoms with Crippen LogP contribution in [0.1, 0.15) is 37.3 Å². The van der Waals surface area contributed by atoms with Gasteiger partial charge in [0.2, 0.25) is 18.0 Å². The number of benzene rings is 2. The Bertz CT molecular complexity index is 1180. The van der Waals surface area contributed by atoms with E-state index >= 15 is 0 Å². The van der Waals surface area contributed by atoms with Crippen LogP contribution in [0.15, 0.2) is 47.5 Å². The first-order valence-corrected chi connectivity index (χ1v) is 12.0. The van der Waals surface area contributed by atoms with Gasteiger partial charge in [0.25, 0.3) is 5.91 Å². The number of para-hydroxylation sites is 1. The second-order valence-electron chi connectivity index (χ2n) is 9.07. The minimum absolute atomic E-state index is 0.145. The number of carbonyl (C=O) groups excluding carboxylic acids is 3. The van der Waals surface area contributed by atoms with E-state index in [9.17, 15) is 23.2 Å². The molecule has 0 radical (unpaired) electrons. The van der Waals surface area contributed by atoms with Crippen LogP contribution in [0.3, 0.4) is 0 Å². The maximum absolute atomic E-state index is 13.4. The number of amides is 3. The quantitative estimate of drug-likeness (QED) is 0.663. The van der Waals surface area contributed by atoms with Crippen LogP contribution in [-0.2, 0) is 20.8 Å². The van der Waals surface area contributed by atoms with E-state index in [1.54, 1.807) is 7.05 Å². The SMILES string of the molecule is C[C@H](NC(=O)Cc1cc(F)cc(F)c1)C(=O)NC1N=C(N2CCCCC2)c2ccccc2N(C)C1=O. The van der Waals surface area contributed by atoms with E-state index in [-0.39, 0.29) is 12.0 Å². The first-order valence-electron chi connectivity index (χ1n) is 12.0. The summed E-state index contributed by atoms with van der Waals surface area (Å²) in [5.41, 5.74) is 1.66. The summed E-state index contributed by atoms with van der Waals surface area (Å²) in [7, 11) is 1.64. The van der Waals surface area contributed by atoms with Gasteiger partial charge in [0.05, 0.1) is 12.1 Å². The molecule has 0 spiro atoms. The minimum atomic E-state index is -1.18. The first kappa shape index (κ1) is 25.3. The highest BCUT2D eigenvalue weighted by molar-refractivity contribution is 6.12. The highest BCUT2D eigenvalue weighted by Crippen LogP contribution is 2.27. The van der Waals surface area contributed by atoms with E-state index in [0.29, 0.717) is 11.5 Å². The van der Waals surface area contributed by atoms with Gasteiger partial charge < -0.3 is 20.4 Å². The molecule has 2 aromatic rings. The predicted molar refractivity (Wildman–Crippen MR) is 131 cm³/mol. The van der Waals surface area contributed by atoms with Gasteiger partial charge in [-0.05, 0) is 56.0 Å². The van der Waals surface area contributed by atoms with Crippen LogP contribution in [0.4, 0.5) is 14.5 Å². The average Bonchev–Trinajstić information content (AvgIpc) is 2.94. The Morgan fingerprint density at radius 3 is 2.44 bits per heavy atom. The first-order chi connectivity index (χ1) is 17.2. The standard InChI is InChI=1S/C26H29F2N5O3/c1-16(29-22(34)14-17-12-18(27)15-19(28)13-17)25(35)31-23-26(36)32(2)21-9-5-4-8-20(21)24(30-23)33-10-6-3-7-11-33/h4-5,8-9,12-13,15-16,23H,3,6-7,10-11,14H2,1-2H3,(H,29,34)(H,31,35)/t16-,23?/m0/s1. The van der Waals surface area contributed by atoms with Gasteiger partial charge in [-0.25, -0.2) is 13.8 Å². The molecule has 1 saturated heterocycles. The van der Waals surface area contributed by atoms with E-state index in [4.69, 9.17) is 0 Å². The zero-order valence-electron chi connectivity index (χ0n) is 20.3. The molecule has 3 amide bonds. The molecule has 1 fully saturated rings. The third-order valence-electron chi connectivity index (χ3n) is 6.31. The zero-order valence-corrected chi connectivity index (χ0v) is 20.3. The zero-order chi connectivity index (χ0) is 25.8. The van der Waals surface area contributed by atoms with Crippen LogP contribution >= 0.6 is 0 Å². The number of carbonyl (C=O) groups is 3. The highest BCUT2D eigenvalue weighted by atomic mass is 19.1. The van der Waals surface area contributed by atoms with Crippen LogP contribution in [0, 0.1) is 11.6 Å². The molecule has 2 aliphatic rings. The molecule has 190 valence electrons. The lowest BCUT2D eigenvalue weighted by Gasteiger charge is -2.30. The van der Waals surface area contributed by atoms with Crippen molar-refractivity contribution in [2.45, 2.75) is 44.8 Å². The maximum Gasteiger partial charge on any atom is 0.272 e. The Balaban J connectivity index is 1.49. The number of aliphatic imine (C=N–C) groups is 1. The second kappa shape index (κ2) is 10.8. The number of nitrogens with zero attached hydrogens (tertiary/aromatic N) is 3. The average molecular weight is 498 g/mol. The third-order valence-corrected chi connectivity index (χ3v) is 6.31. The van der Waals surface area contributed by atoms with Crippen molar-refractivity contribution in [2.75, 3.05) is 25.0 Å². The molecule has 36 heavy (non-hydrogen) atoms. The van der Waals surface area contributed by atoms with E-state index in [1.165, 1.54) is 11.8 Å². The Labute approximate surface area is 208 Å². The van der Waals surface area contributed by atoms with E-state index in [0.717, 1.165) is 56.1 Å². The molecule has 0 bridgehead atoms. The summed E-state index contributed by atoms with van der Waals surface area (Å²) in [6, 6.07) is 9.31. The number of piperidine rings is 1. The number of halogens is 2. The number of benzodiazepines with no additional fused rings is 1. The van der Waals surface area contributed by atoms with Crippen molar-refractivity contribution >= 4 is 29.2 Å². The Hall–Kier alpha value is -3.82. The van der Waals surface area contributed by atoms with Crippen molar-refractivity contribution in [3.05, 3.63) is 65.2 Å². The van der Waals surface area contributed by atoms with E-state index < -0.39 is 41.6 Å². The fourth-order valence-corrected chi connectivity index (χ4v) is 4.47. The normalized spacial score (nSPS) is 18.6. The van der Waals surface area contributed by atoms with Crippen LogP contribution < -0.4 is 15.5 Å². The van der Waals surface area contributed by atoms with Gasteiger partial charge in [0.15, 0.2) is 0 Å². The van der Waals surface area contributed by atoms with Gasteiger partial charge >= 0.3 is 0 Å². The van der Waals surface area contributed by atoms with Crippen molar-refractivity contribution in [1.82, 2.24) is 15.5 Å². The molecule has 8 nitrogen and oxygen atoms in total. The second-order valence-corrected chi connectivity index (χ2v) is 9.07. The summed E-state index contributed by atoms with van der Waals surface area (Å²) < 4.78 is 26.8. The minimum Gasteiger partial charge on any atom is -0.356 e. The predicted octanol–water partition coefficient (Wildman–Crippen LogP) is 2.36. The monoisotopic (exact) mass is 497 g/mol. The smallest absolute Gasteiger partial charge is 0.272 e. The number of rotatable bonds is 5. The van der Waals surface area contributed by atoms with Gasteiger partial charge in [-0.15, -0.1) is 0 Å². The molecule has 10 heteroatoms. The maximum atomic E-state index is 13.4. The highest BCUT2D eigenvalue weighted by Gasteiger charge is 2.33. The molecule has 2 heterocycles. The number of amidine groups is 1. The molecule has 0 saturated carbocycles. The van der Waals surface area contributed by atoms with Crippen molar-refractivity contribution in [2.24, 2.45) is 4.99 Å². The molecule has 2 aliphatic heterocycles. The van der Waals surface area contributed by atoms with Crippen molar-refractivity contribution in [3.8, 4) is 0 Å². The number of nitrogens with one attached hydrogen (secondary N) is 2. The Morgan fingerprint density at radius 1 is 1.08 bits per heavy atom. The lowest BCUT2D eigenvalue weighted by molar-refractivity contribution is -0.130. The number of anilines is 1. The van der Waals surface area contributed by atoms with Gasteiger partial charge in [0.1, 0.15) is 23.5 Å². The molecule has 2 atom stereocenters. The summed E-state index contributed by atoms with van der Waals surface area (Å²) in [5.74, 6) is -2.52. The molecule has 0 aliphatic carbocycles. The molecule has 4 rings (SSSR count). The fourth-order valence-electron chi connectivity index (χ4n) is 4.47. The number of hydrogen-bond donors (Lipinski definition) is 2. The van der Waals surface area contributed by atoms with Crippen LogP contribution in [-0.4, -0.2) is 60.8 Å². The largest absolute Gasteiger partial charge is 0.356 e. The lowest BCUT2D eigenvalue weighted by Crippen LogP contribution is -2.52.